The molecule has 0 spiro atoms. The first-order valence-electron chi connectivity index (χ1n) is 9.58. The number of fused-ring (bicyclic) bond motifs is 3. The Balaban J connectivity index is 1.72. The Bertz CT molecular complexity index is 1120. The molecule has 0 bridgehead atoms. The Morgan fingerprint density at radius 3 is 2.93 bits per heavy atom. The summed E-state index contributed by atoms with van der Waals surface area (Å²) in [6.07, 6.45) is 6.20. The third-order valence-corrected chi connectivity index (χ3v) is 6.82. The van der Waals surface area contributed by atoms with Gasteiger partial charge < -0.3 is 5.32 Å². The highest BCUT2D eigenvalue weighted by Gasteiger charge is 2.25. The van der Waals surface area contributed by atoms with E-state index in [1.165, 1.54) is 15.8 Å². The van der Waals surface area contributed by atoms with E-state index in [2.05, 4.69) is 10.3 Å². The summed E-state index contributed by atoms with van der Waals surface area (Å²) in [4.78, 5) is 32.8. The van der Waals surface area contributed by atoms with Crippen molar-refractivity contribution in [2.24, 2.45) is 0 Å². The molecule has 1 amide bonds. The lowest BCUT2D eigenvalue weighted by atomic mass is 9.97. The van der Waals surface area contributed by atoms with Crippen LogP contribution in [0.25, 0.3) is 10.2 Å². The van der Waals surface area contributed by atoms with Crippen LogP contribution in [0.1, 0.15) is 48.2 Å². The number of nitrogens with zero attached hydrogens (tertiary/aromatic N) is 2. The molecule has 1 N–H and O–H groups in total. The van der Waals surface area contributed by atoms with E-state index in [0.29, 0.717) is 22.5 Å². The molecule has 2 aromatic heterocycles. The third kappa shape index (κ3) is 3.35. The van der Waals surface area contributed by atoms with E-state index in [4.69, 9.17) is 11.6 Å². The van der Waals surface area contributed by atoms with Crippen molar-refractivity contribution in [2.75, 3.05) is 5.32 Å². The zero-order valence-corrected chi connectivity index (χ0v) is 17.5. The van der Waals surface area contributed by atoms with Crippen molar-refractivity contribution in [3.8, 4) is 0 Å². The Kier molecular flexibility index (Phi) is 5.25. The first kappa shape index (κ1) is 19.2. The minimum Gasteiger partial charge on any atom is -0.324 e. The molecule has 1 aliphatic rings. The molecule has 0 radical (unpaired) electrons. The number of carbonyl (C=O) groups is 1. The molecule has 0 aliphatic heterocycles. The lowest BCUT2D eigenvalue weighted by Gasteiger charge is -2.19. The summed E-state index contributed by atoms with van der Waals surface area (Å²) >= 11 is 7.68. The smallest absolute Gasteiger partial charge is 0.263 e. The molecule has 146 valence electrons. The summed E-state index contributed by atoms with van der Waals surface area (Å²) in [7, 11) is 0. The molecule has 1 aliphatic carbocycles. The molecular weight excluding hydrogens is 394 g/mol. The van der Waals surface area contributed by atoms with Crippen molar-refractivity contribution in [1.29, 1.82) is 0 Å². The van der Waals surface area contributed by atoms with Crippen molar-refractivity contribution < 1.29 is 4.79 Å². The highest BCUT2D eigenvalue weighted by molar-refractivity contribution is 7.18. The molecule has 0 saturated carbocycles. The van der Waals surface area contributed by atoms with Crippen LogP contribution in [0.4, 0.5) is 5.69 Å². The SMILES string of the molecule is CCC(C(=O)Nc1cc(Cl)ccc1C)n1cnc2sc3c(c2c1=O)CCCC3. The monoisotopic (exact) mass is 415 g/mol. The van der Waals surface area contributed by atoms with Crippen molar-refractivity contribution in [3.63, 3.8) is 0 Å². The predicted octanol–water partition coefficient (Wildman–Crippen LogP) is 4.89. The van der Waals surface area contributed by atoms with Gasteiger partial charge in [0.15, 0.2) is 0 Å². The fraction of sp³-hybridized carbons (Fsp3) is 0.381. The Morgan fingerprint density at radius 1 is 1.36 bits per heavy atom. The first-order valence-corrected chi connectivity index (χ1v) is 10.8. The van der Waals surface area contributed by atoms with E-state index in [1.54, 1.807) is 23.5 Å². The van der Waals surface area contributed by atoms with Crippen LogP contribution in [0, 0.1) is 6.92 Å². The second-order valence-electron chi connectivity index (χ2n) is 7.22. The van der Waals surface area contributed by atoms with Gasteiger partial charge in [0.05, 0.1) is 11.7 Å². The molecule has 7 heteroatoms. The molecule has 0 saturated heterocycles. The normalized spacial score (nSPS) is 14.7. The summed E-state index contributed by atoms with van der Waals surface area (Å²) in [5.74, 6) is -0.236. The van der Waals surface area contributed by atoms with Gasteiger partial charge in [-0.15, -0.1) is 11.3 Å². The van der Waals surface area contributed by atoms with Crippen LogP contribution in [0.2, 0.25) is 5.02 Å². The maximum absolute atomic E-state index is 13.3. The molecular formula is C21H22ClN3O2S. The van der Waals surface area contributed by atoms with Gasteiger partial charge in [0, 0.05) is 15.6 Å². The van der Waals surface area contributed by atoms with Crippen molar-refractivity contribution in [2.45, 2.75) is 52.0 Å². The van der Waals surface area contributed by atoms with E-state index >= 15 is 0 Å². The quantitative estimate of drug-likeness (QED) is 0.659. The number of carbonyl (C=O) groups excluding carboxylic acids is 1. The Hall–Kier alpha value is -2.18. The highest BCUT2D eigenvalue weighted by Crippen LogP contribution is 2.33. The van der Waals surface area contributed by atoms with Crippen molar-refractivity contribution >= 4 is 44.7 Å². The summed E-state index contributed by atoms with van der Waals surface area (Å²) in [5, 5.41) is 4.18. The van der Waals surface area contributed by atoms with Crippen LogP contribution in [0.5, 0.6) is 0 Å². The molecule has 1 atom stereocenters. The fourth-order valence-corrected chi connectivity index (χ4v) is 5.23. The number of aromatic nitrogens is 2. The largest absolute Gasteiger partial charge is 0.324 e. The van der Waals surface area contributed by atoms with Gasteiger partial charge >= 0.3 is 0 Å². The van der Waals surface area contributed by atoms with Crippen molar-refractivity contribution in [3.05, 3.63) is 55.9 Å². The molecule has 5 nitrogen and oxygen atoms in total. The summed E-state index contributed by atoms with van der Waals surface area (Å²) < 4.78 is 1.49. The molecule has 1 unspecified atom stereocenters. The van der Waals surface area contributed by atoms with E-state index in [-0.39, 0.29) is 11.5 Å². The maximum Gasteiger partial charge on any atom is 0.263 e. The first-order chi connectivity index (χ1) is 13.5. The number of thiophene rings is 1. The lowest BCUT2D eigenvalue weighted by Crippen LogP contribution is -2.33. The number of anilines is 1. The van der Waals surface area contributed by atoms with Gasteiger partial charge in [0.2, 0.25) is 5.91 Å². The van der Waals surface area contributed by atoms with Crippen LogP contribution >= 0.6 is 22.9 Å². The molecule has 3 aromatic rings. The van der Waals surface area contributed by atoms with Gasteiger partial charge in [-0.1, -0.05) is 24.6 Å². The van der Waals surface area contributed by atoms with Gasteiger partial charge in [0.25, 0.3) is 5.56 Å². The molecule has 1 aromatic carbocycles. The summed E-state index contributed by atoms with van der Waals surface area (Å²) in [6, 6.07) is 4.74. The number of aryl methyl sites for hydroxylation is 3. The van der Waals surface area contributed by atoms with Gasteiger partial charge in [-0.2, -0.15) is 0 Å². The Labute approximate surface area is 172 Å². The van der Waals surface area contributed by atoms with Crippen molar-refractivity contribution in [1.82, 2.24) is 9.55 Å². The van der Waals surface area contributed by atoms with Crippen LogP contribution in [0.3, 0.4) is 0 Å². The molecule has 4 rings (SSSR count). The van der Waals surface area contributed by atoms with Crippen LogP contribution in [-0.4, -0.2) is 15.5 Å². The second kappa shape index (κ2) is 7.68. The predicted molar refractivity (Wildman–Crippen MR) is 115 cm³/mol. The average molecular weight is 416 g/mol. The minimum absolute atomic E-state index is 0.116. The highest BCUT2D eigenvalue weighted by atomic mass is 35.5. The topological polar surface area (TPSA) is 64.0 Å². The number of hydrogen-bond donors (Lipinski definition) is 1. The zero-order valence-electron chi connectivity index (χ0n) is 15.9. The van der Waals surface area contributed by atoms with Crippen LogP contribution in [-0.2, 0) is 17.6 Å². The van der Waals surface area contributed by atoms with Gasteiger partial charge in [-0.05, 0) is 62.3 Å². The third-order valence-electron chi connectivity index (χ3n) is 5.38. The average Bonchev–Trinajstić information content (AvgIpc) is 3.06. The maximum atomic E-state index is 13.3. The number of amides is 1. The van der Waals surface area contributed by atoms with E-state index in [9.17, 15) is 9.59 Å². The fourth-order valence-electron chi connectivity index (χ4n) is 3.83. The number of rotatable bonds is 4. The van der Waals surface area contributed by atoms with E-state index < -0.39 is 6.04 Å². The zero-order chi connectivity index (χ0) is 19.8. The number of benzene rings is 1. The Morgan fingerprint density at radius 2 is 2.14 bits per heavy atom. The van der Waals surface area contributed by atoms with E-state index in [0.717, 1.165) is 41.6 Å². The summed E-state index contributed by atoms with van der Waals surface area (Å²) in [5.41, 5.74) is 2.60. The number of halogens is 1. The lowest BCUT2D eigenvalue weighted by molar-refractivity contribution is -0.119. The van der Waals surface area contributed by atoms with Crippen LogP contribution in [0.15, 0.2) is 29.3 Å². The molecule has 28 heavy (non-hydrogen) atoms. The number of hydrogen-bond acceptors (Lipinski definition) is 4. The number of nitrogens with one attached hydrogen (secondary N) is 1. The standard InChI is InChI=1S/C21H22ClN3O2S/c1-3-16(19(26)24-15-10-13(22)9-8-12(15)2)25-11-23-20-18(21(25)27)14-6-4-5-7-17(14)28-20/h8-11,16H,3-7H2,1-2H3,(H,24,26). The van der Waals surface area contributed by atoms with Crippen LogP contribution < -0.4 is 10.9 Å². The van der Waals surface area contributed by atoms with Gasteiger partial charge in [-0.3, -0.25) is 14.2 Å². The van der Waals surface area contributed by atoms with E-state index in [1.807, 2.05) is 19.9 Å². The second-order valence-corrected chi connectivity index (χ2v) is 8.74. The molecule has 0 fully saturated rings. The van der Waals surface area contributed by atoms with Gasteiger partial charge in [-0.25, -0.2) is 4.98 Å². The summed E-state index contributed by atoms with van der Waals surface area (Å²) in [6.45, 7) is 3.80. The molecule has 2 heterocycles. The minimum atomic E-state index is -0.623. The van der Waals surface area contributed by atoms with Gasteiger partial charge in [0.1, 0.15) is 10.9 Å².